The highest BCUT2D eigenvalue weighted by atomic mass is 16.5. The molecule has 26 heavy (non-hydrogen) atoms. The Kier molecular flexibility index (Phi) is 6.11. The van der Waals surface area contributed by atoms with Gasteiger partial charge in [-0.1, -0.05) is 36.4 Å². The number of rotatable bonds is 7. The molecular formula is C18H21N3O5. The number of nitrogens with zero attached hydrogens (tertiary/aromatic N) is 1. The van der Waals surface area contributed by atoms with Crippen molar-refractivity contribution in [2.45, 2.75) is 32.2 Å². The number of urea groups is 1. The van der Waals surface area contributed by atoms with Crippen LogP contribution in [0, 0.1) is 0 Å². The SMILES string of the molecule is C/C=C/C(=O)OCC(=O)NN1C(=O)N[C@](C)(CCc2ccccc2)C1=O. The number of hydrazine groups is 1. The number of ether oxygens (including phenoxy) is 1. The lowest BCUT2D eigenvalue weighted by atomic mass is 9.93. The van der Waals surface area contributed by atoms with E-state index in [0.29, 0.717) is 17.9 Å². The number of carbonyl (C=O) groups is 4. The van der Waals surface area contributed by atoms with Gasteiger partial charge in [0.05, 0.1) is 0 Å². The summed E-state index contributed by atoms with van der Waals surface area (Å²) in [7, 11) is 0. The van der Waals surface area contributed by atoms with Crippen molar-refractivity contribution >= 4 is 23.8 Å². The molecule has 0 unspecified atom stereocenters. The van der Waals surface area contributed by atoms with Crippen molar-refractivity contribution in [1.82, 2.24) is 15.8 Å². The van der Waals surface area contributed by atoms with Crippen LogP contribution in [0.2, 0.25) is 0 Å². The largest absolute Gasteiger partial charge is 0.452 e. The van der Waals surface area contributed by atoms with E-state index in [2.05, 4.69) is 15.5 Å². The van der Waals surface area contributed by atoms with Crippen LogP contribution in [0.3, 0.4) is 0 Å². The maximum atomic E-state index is 12.5. The molecule has 4 amide bonds. The molecule has 2 N–H and O–H groups in total. The van der Waals surface area contributed by atoms with E-state index in [1.165, 1.54) is 6.08 Å². The lowest BCUT2D eigenvalue weighted by molar-refractivity contribution is -0.147. The lowest BCUT2D eigenvalue weighted by Crippen LogP contribution is -2.49. The molecule has 138 valence electrons. The third-order valence-corrected chi connectivity index (χ3v) is 3.90. The number of hydrogen-bond donors (Lipinski definition) is 2. The average Bonchev–Trinajstić information content (AvgIpc) is 2.83. The number of nitrogens with one attached hydrogen (secondary N) is 2. The highest BCUT2D eigenvalue weighted by Gasteiger charge is 2.48. The molecule has 2 rings (SSSR count). The van der Waals surface area contributed by atoms with E-state index >= 15 is 0 Å². The van der Waals surface area contributed by atoms with Crippen LogP contribution in [0.4, 0.5) is 4.79 Å². The minimum absolute atomic E-state index is 0.379. The number of imide groups is 1. The molecular weight excluding hydrogens is 338 g/mol. The highest BCUT2D eigenvalue weighted by Crippen LogP contribution is 2.22. The third kappa shape index (κ3) is 4.69. The number of benzene rings is 1. The monoisotopic (exact) mass is 359 g/mol. The van der Waals surface area contributed by atoms with Crippen molar-refractivity contribution < 1.29 is 23.9 Å². The van der Waals surface area contributed by atoms with Gasteiger partial charge >= 0.3 is 12.0 Å². The summed E-state index contributed by atoms with van der Waals surface area (Å²) >= 11 is 0. The van der Waals surface area contributed by atoms with Crippen LogP contribution in [0.15, 0.2) is 42.5 Å². The van der Waals surface area contributed by atoms with E-state index < -0.39 is 36.0 Å². The zero-order valence-electron chi connectivity index (χ0n) is 14.7. The van der Waals surface area contributed by atoms with E-state index in [4.69, 9.17) is 0 Å². The number of aryl methyl sites for hydroxylation is 1. The predicted octanol–water partition coefficient (Wildman–Crippen LogP) is 1.08. The maximum Gasteiger partial charge on any atom is 0.344 e. The van der Waals surface area contributed by atoms with Gasteiger partial charge in [-0.25, -0.2) is 9.59 Å². The summed E-state index contributed by atoms with van der Waals surface area (Å²) in [5.74, 6) is -2.03. The Hall–Kier alpha value is -3.16. The van der Waals surface area contributed by atoms with Gasteiger partial charge in [0.1, 0.15) is 5.54 Å². The van der Waals surface area contributed by atoms with Gasteiger partial charge in [0.25, 0.3) is 11.8 Å². The topological polar surface area (TPSA) is 105 Å². The molecule has 8 heteroatoms. The highest BCUT2D eigenvalue weighted by molar-refractivity contribution is 6.07. The molecule has 1 aromatic rings. The number of hydrogen-bond acceptors (Lipinski definition) is 5. The summed E-state index contributed by atoms with van der Waals surface area (Å²) in [5.41, 5.74) is 2.07. The van der Waals surface area contributed by atoms with Crippen molar-refractivity contribution in [2.24, 2.45) is 0 Å². The van der Waals surface area contributed by atoms with Crippen molar-refractivity contribution in [3.05, 3.63) is 48.0 Å². The van der Waals surface area contributed by atoms with Crippen LogP contribution in [-0.4, -0.2) is 41.0 Å². The Morgan fingerprint density at radius 1 is 1.27 bits per heavy atom. The molecule has 1 aliphatic heterocycles. The average molecular weight is 359 g/mol. The summed E-state index contributed by atoms with van der Waals surface area (Å²) in [4.78, 5) is 47.6. The number of esters is 1. The molecule has 1 saturated heterocycles. The molecule has 0 bridgehead atoms. The maximum absolute atomic E-state index is 12.5. The second-order valence-electron chi connectivity index (χ2n) is 6.03. The van der Waals surface area contributed by atoms with E-state index in [0.717, 1.165) is 11.6 Å². The van der Waals surface area contributed by atoms with Crippen LogP contribution < -0.4 is 10.7 Å². The smallest absolute Gasteiger partial charge is 0.344 e. The Morgan fingerprint density at radius 2 is 1.96 bits per heavy atom. The standard InChI is InChI=1S/C18H21N3O5/c1-3-7-15(23)26-12-14(22)20-21-16(24)18(2,19-17(21)25)11-10-13-8-5-4-6-9-13/h3-9H,10-12H2,1-2H3,(H,19,25)(H,20,22)/b7-3+/t18-/m1/s1. The van der Waals surface area contributed by atoms with Crippen molar-refractivity contribution in [1.29, 1.82) is 0 Å². The fraction of sp³-hybridized carbons (Fsp3) is 0.333. The van der Waals surface area contributed by atoms with E-state index in [-0.39, 0.29) is 0 Å². The number of carbonyl (C=O) groups excluding carboxylic acids is 4. The first kappa shape index (κ1) is 19.2. The van der Waals surface area contributed by atoms with Crippen LogP contribution in [0.5, 0.6) is 0 Å². The molecule has 1 heterocycles. The van der Waals surface area contributed by atoms with Gasteiger partial charge in [-0.05, 0) is 32.3 Å². The molecule has 0 spiro atoms. The van der Waals surface area contributed by atoms with Gasteiger partial charge in [-0.3, -0.25) is 15.0 Å². The van der Waals surface area contributed by atoms with E-state index in [1.807, 2.05) is 30.3 Å². The molecule has 0 aromatic heterocycles. The van der Waals surface area contributed by atoms with Crippen LogP contribution >= 0.6 is 0 Å². The van der Waals surface area contributed by atoms with Crippen LogP contribution in [-0.2, 0) is 25.5 Å². The molecule has 0 aliphatic carbocycles. The molecule has 1 aliphatic rings. The Morgan fingerprint density at radius 3 is 2.62 bits per heavy atom. The molecule has 8 nitrogen and oxygen atoms in total. The first-order valence-corrected chi connectivity index (χ1v) is 8.15. The molecule has 1 fully saturated rings. The Bertz CT molecular complexity index is 732. The van der Waals surface area contributed by atoms with Gasteiger partial charge in [0.2, 0.25) is 0 Å². The van der Waals surface area contributed by atoms with Crippen molar-refractivity contribution in [2.75, 3.05) is 6.61 Å². The van der Waals surface area contributed by atoms with Crippen LogP contribution in [0.1, 0.15) is 25.8 Å². The minimum atomic E-state index is -1.12. The molecule has 0 saturated carbocycles. The summed E-state index contributed by atoms with van der Waals surface area (Å²) in [6, 6.07) is 8.84. The van der Waals surface area contributed by atoms with E-state index in [9.17, 15) is 19.2 Å². The normalized spacial score (nSPS) is 19.5. The zero-order chi connectivity index (χ0) is 19.2. The summed E-state index contributed by atoms with van der Waals surface area (Å²) in [6.07, 6.45) is 3.59. The molecule has 1 aromatic carbocycles. The predicted molar refractivity (Wildman–Crippen MR) is 92.5 cm³/mol. The van der Waals surface area contributed by atoms with Crippen molar-refractivity contribution in [3.8, 4) is 0 Å². The fourth-order valence-electron chi connectivity index (χ4n) is 2.47. The van der Waals surface area contributed by atoms with E-state index in [1.54, 1.807) is 13.8 Å². The van der Waals surface area contributed by atoms with Gasteiger partial charge in [0.15, 0.2) is 6.61 Å². The van der Waals surface area contributed by atoms with Gasteiger partial charge in [-0.15, -0.1) is 0 Å². The van der Waals surface area contributed by atoms with Crippen molar-refractivity contribution in [3.63, 3.8) is 0 Å². The Balaban J connectivity index is 1.92. The van der Waals surface area contributed by atoms with Gasteiger partial charge in [0, 0.05) is 6.08 Å². The number of amides is 4. The summed E-state index contributed by atoms with van der Waals surface area (Å²) < 4.78 is 4.67. The summed E-state index contributed by atoms with van der Waals surface area (Å²) in [6.45, 7) is 2.64. The fourth-order valence-corrected chi connectivity index (χ4v) is 2.47. The lowest BCUT2D eigenvalue weighted by Gasteiger charge is -2.21. The first-order valence-electron chi connectivity index (χ1n) is 8.15. The molecule has 1 atom stereocenters. The number of allylic oxidation sites excluding steroid dienone is 1. The quantitative estimate of drug-likeness (QED) is 0.431. The van der Waals surface area contributed by atoms with Gasteiger partial charge < -0.3 is 10.1 Å². The second kappa shape index (κ2) is 8.28. The second-order valence-corrected chi connectivity index (χ2v) is 6.03. The first-order chi connectivity index (χ1) is 12.4. The van der Waals surface area contributed by atoms with Gasteiger partial charge in [-0.2, -0.15) is 5.01 Å². The molecule has 0 radical (unpaired) electrons. The Labute approximate surface area is 151 Å². The third-order valence-electron chi connectivity index (χ3n) is 3.90. The van der Waals surface area contributed by atoms with Crippen LogP contribution in [0.25, 0.3) is 0 Å². The summed E-state index contributed by atoms with van der Waals surface area (Å²) in [5, 5.41) is 3.22. The zero-order valence-corrected chi connectivity index (χ0v) is 14.7. The minimum Gasteiger partial charge on any atom is -0.452 e.